The molecule has 4 heteroatoms. The molecular formula is C15H25N3O. The smallest absolute Gasteiger partial charge is 0.0558 e. The molecular weight excluding hydrogens is 238 g/mol. The predicted octanol–water partition coefficient (Wildman–Crippen LogP) is 0.811. The molecule has 4 nitrogen and oxygen atoms in total. The Bertz CT molecular complexity index is 383. The number of β-amino-alcohol motifs (C(OH)–C–C–N with tert-alkyl or cyclic N) is 1. The Kier molecular flexibility index (Phi) is 5.63. The van der Waals surface area contributed by atoms with Crippen molar-refractivity contribution in [2.75, 3.05) is 51.6 Å². The number of benzene rings is 1. The summed E-state index contributed by atoms with van der Waals surface area (Å²) in [6, 6.07) is 8.13. The fraction of sp³-hybridized carbons (Fsp3) is 0.600. The summed E-state index contributed by atoms with van der Waals surface area (Å²) in [6.45, 7) is 6.54. The Morgan fingerprint density at radius 3 is 2.37 bits per heavy atom. The Hall–Kier alpha value is -1.10. The number of anilines is 1. The van der Waals surface area contributed by atoms with E-state index in [1.165, 1.54) is 12.0 Å². The minimum Gasteiger partial charge on any atom is -0.399 e. The van der Waals surface area contributed by atoms with Crippen LogP contribution in [0.1, 0.15) is 12.0 Å². The van der Waals surface area contributed by atoms with Gasteiger partial charge in [-0.1, -0.05) is 18.2 Å². The average molecular weight is 263 g/mol. The van der Waals surface area contributed by atoms with E-state index in [4.69, 9.17) is 10.8 Å². The second kappa shape index (κ2) is 7.48. The van der Waals surface area contributed by atoms with Crippen molar-refractivity contribution in [2.45, 2.75) is 12.8 Å². The maximum absolute atomic E-state index is 8.99. The van der Waals surface area contributed by atoms with Gasteiger partial charge in [-0.3, -0.25) is 4.90 Å². The lowest BCUT2D eigenvalue weighted by Gasteiger charge is -2.21. The monoisotopic (exact) mass is 263 g/mol. The Labute approximate surface area is 115 Å². The molecule has 2 rings (SSSR count). The van der Waals surface area contributed by atoms with E-state index < -0.39 is 0 Å². The topological polar surface area (TPSA) is 52.7 Å². The van der Waals surface area contributed by atoms with E-state index in [2.05, 4.69) is 21.9 Å². The lowest BCUT2D eigenvalue weighted by Crippen LogP contribution is -2.33. The van der Waals surface area contributed by atoms with Crippen molar-refractivity contribution >= 4 is 5.69 Å². The van der Waals surface area contributed by atoms with Crippen LogP contribution < -0.4 is 5.73 Å². The molecule has 1 aliphatic rings. The molecule has 106 valence electrons. The highest BCUT2D eigenvalue weighted by molar-refractivity contribution is 5.46. The highest BCUT2D eigenvalue weighted by atomic mass is 16.3. The molecule has 0 bridgehead atoms. The Balaban J connectivity index is 1.79. The van der Waals surface area contributed by atoms with Gasteiger partial charge in [0.1, 0.15) is 0 Å². The number of aliphatic hydroxyl groups excluding tert-OH is 1. The molecule has 0 aromatic heterocycles. The second-order valence-electron chi connectivity index (χ2n) is 5.21. The molecule has 0 amide bonds. The molecule has 0 radical (unpaired) electrons. The fourth-order valence-corrected chi connectivity index (χ4v) is 2.65. The Morgan fingerprint density at radius 2 is 1.68 bits per heavy atom. The second-order valence-corrected chi connectivity index (χ2v) is 5.21. The highest BCUT2D eigenvalue weighted by Gasteiger charge is 2.14. The molecule has 0 unspecified atom stereocenters. The van der Waals surface area contributed by atoms with Crippen LogP contribution in [0.4, 0.5) is 5.69 Å². The van der Waals surface area contributed by atoms with Gasteiger partial charge in [0.05, 0.1) is 6.61 Å². The van der Waals surface area contributed by atoms with Gasteiger partial charge in [-0.05, 0) is 37.6 Å². The number of hydrogen-bond donors (Lipinski definition) is 2. The maximum atomic E-state index is 8.99. The molecule has 1 aromatic carbocycles. The first-order valence-corrected chi connectivity index (χ1v) is 7.18. The van der Waals surface area contributed by atoms with Crippen LogP contribution in [0, 0.1) is 0 Å². The van der Waals surface area contributed by atoms with Gasteiger partial charge in [0.15, 0.2) is 0 Å². The largest absolute Gasteiger partial charge is 0.399 e. The van der Waals surface area contributed by atoms with Crippen LogP contribution >= 0.6 is 0 Å². The zero-order chi connectivity index (χ0) is 13.5. The summed E-state index contributed by atoms with van der Waals surface area (Å²) < 4.78 is 0. The SMILES string of the molecule is Nc1ccccc1CCN1CCCN(CCO)CC1. The summed E-state index contributed by atoms with van der Waals surface area (Å²) in [5, 5.41) is 8.99. The molecule has 3 N–H and O–H groups in total. The summed E-state index contributed by atoms with van der Waals surface area (Å²) in [7, 11) is 0. The van der Waals surface area contributed by atoms with E-state index in [1.807, 2.05) is 12.1 Å². The first-order valence-electron chi connectivity index (χ1n) is 7.18. The van der Waals surface area contributed by atoms with E-state index in [0.29, 0.717) is 0 Å². The molecule has 19 heavy (non-hydrogen) atoms. The van der Waals surface area contributed by atoms with E-state index in [9.17, 15) is 0 Å². The number of nitrogen functional groups attached to an aromatic ring is 1. The zero-order valence-electron chi connectivity index (χ0n) is 11.6. The van der Waals surface area contributed by atoms with Crippen LogP contribution in [0.25, 0.3) is 0 Å². The van der Waals surface area contributed by atoms with Crippen molar-refractivity contribution < 1.29 is 5.11 Å². The molecule has 1 aromatic rings. The molecule has 1 fully saturated rings. The van der Waals surface area contributed by atoms with Crippen LogP contribution in [-0.2, 0) is 6.42 Å². The lowest BCUT2D eigenvalue weighted by molar-refractivity contribution is 0.197. The first kappa shape index (κ1) is 14.3. The highest BCUT2D eigenvalue weighted by Crippen LogP contribution is 2.12. The normalized spacial score (nSPS) is 18.4. The number of para-hydroxylation sites is 1. The number of nitrogens with two attached hydrogens (primary N) is 1. The van der Waals surface area contributed by atoms with Crippen LogP contribution in [0.15, 0.2) is 24.3 Å². The van der Waals surface area contributed by atoms with Gasteiger partial charge in [0, 0.05) is 31.9 Å². The summed E-state index contributed by atoms with van der Waals surface area (Å²) in [4.78, 5) is 4.85. The maximum Gasteiger partial charge on any atom is 0.0558 e. The van der Waals surface area contributed by atoms with Gasteiger partial charge in [-0.25, -0.2) is 0 Å². The van der Waals surface area contributed by atoms with E-state index in [-0.39, 0.29) is 6.61 Å². The van der Waals surface area contributed by atoms with Crippen molar-refractivity contribution in [2.24, 2.45) is 0 Å². The average Bonchev–Trinajstić information content (AvgIpc) is 2.64. The standard InChI is InChI=1S/C15H25N3O/c16-15-5-2-1-4-14(15)6-9-17-7-3-8-18(11-10-17)12-13-19/h1-2,4-5,19H,3,6-13,16H2. The van der Waals surface area contributed by atoms with Gasteiger partial charge < -0.3 is 15.7 Å². The van der Waals surface area contributed by atoms with Crippen molar-refractivity contribution in [3.63, 3.8) is 0 Å². The summed E-state index contributed by atoms with van der Waals surface area (Å²) >= 11 is 0. The van der Waals surface area contributed by atoms with Gasteiger partial charge in [-0.2, -0.15) is 0 Å². The van der Waals surface area contributed by atoms with E-state index >= 15 is 0 Å². The minimum absolute atomic E-state index is 0.264. The minimum atomic E-state index is 0.264. The van der Waals surface area contributed by atoms with E-state index in [0.717, 1.165) is 51.4 Å². The quantitative estimate of drug-likeness (QED) is 0.772. The third-order valence-electron chi connectivity index (χ3n) is 3.85. The van der Waals surface area contributed by atoms with Crippen molar-refractivity contribution in [1.29, 1.82) is 0 Å². The lowest BCUT2D eigenvalue weighted by atomic mass is 10.1. The van der Waals surface area contributed by atoms with Crippen LogP contribution in [0.5, 0.6) is 0 Å². The number of nitrogens with zero attached hydrogens (tertiary/aromatic N) is 2. The fourth-order valence-electron chi connectivity index (χ4n) is 2.65. The van der Waals surface area contributed by atoms with Crippen LogP contribution in [0.3, 0.4) is 0 Å². The van der Waals surface area contributed by atoms with Gasteiger partial charge in [0.25, 0.3) is 0 Å². The van der Waals surface area contributed by atoms with Crippen molar-refractivity contribution in [3.05, 3.63) is 29.8 Å². The van der Waals surface area contributed by atoms with Crippen LogP contribution in [0.2, 0.25) is 0 Å². The van der Waals surface area contributed by atoms with Gasteiger partial charge in [0.2, 0.25) is 0 Å². The molecule has 1 heterocycles. The third-order valence-corrected chi connectivity index (χ3v) is 3.85. The molecule has 0 saturated carbocycles. The summed E-state index contributed by atoms with van der Waals surface area (Å²) in [5.74, 6) is 0. The van der Waals surface area contributed by atoms with Crippen LogP contribution in [-0.4, -0.2) is 60.8 Å². The molecule has 1 saturated heterocycles. The molecule has 0 spiro atoms. The number of aliphatic hydroxyl groups is 1. The Morgan fingerprint density at radius 1 is 1.00 bits per heavy atom. The third kappa shape index (κ3) is 4.49. The van der Waals surface area contributed by atoms with Gasteiger partial charge in [-0.15, -0.1) is 0 Å². The van der Waals surface area contributed by atoms with Gasteiger partial charge >= 0.3 is 0 Å². The summed E-state index contributed by atoms with van der Waals surface area (Å²) in [5.41, 5.74) is 8.13. The molecule has 0 atom stereocenters. The number of hydrogen-bond acceptors (Lipinski definition) is 4. The number of rotatable bonds is 5. The van der Waals surface area contributed by atoms with Crippen molar-refractivity contribution in [3.8, 4) is 0 Å². The first-order chi connectivity index (χ1) is 9.29. The summed E-state index contributed by atoms with van der Waals surface area (Å²) in [6.07, 6.45) is 2.21. The zero-order valence-corrected chi connectivity index (χ0v) is 11.6. The molecule has 0 aliphatic carbocycles. The van der Waals surface area contributed by atoms with Crippen molar-refractivity contribution in [1.82, 2.24) is 9.80 Å². The van der Waals surface area contributed by atoms with E-state index in [1.54, 1.807) is 0 Å². The molecule has 1 aliphatic heterocycles. The predicted molar refractivity (Wildman–Crippen MR) is 79.1 cm³/mol.